The minimum absolute atomic E-state index is 0.00604. The normalized spacial score (nSPS) is 21.9. The van der Waals surface area contributed by atoms with Gasteiger partial charge in [-0.3, -0.25) is 9.59 Å². The summed E-state index contributed by atoms with van der Waals surface area (Å²) in [6, 6.07) is 22.0. The van der Waals surface area contributed by atoms with Crippen LogP contribution in [0.3, 0.4) is 0 Å². The van der Waals surface area contributed by atoms with Crippen LogP contribution in [0.2, 0.25) is 0 Å². The van der Waals surface area contributed by atoms with E-state index in [0.29, 0.717) is 54.9 Å². The van der Waals surface area contributed by atoms with Gasteiger partial charge in [-0.1, -0.05) is 18.2 Å². The molecule has 2 unspecified atom stereocenters. The topological polar surface area (TPSA) is 108 Å². The van der Waals surface area contributed by atoms with Gasteiger partial charge in [0.15, 0.2) is 5.82 Å². The minimum Gasteiger partial charge on any atom is -0.497 e. The van der Waals surface area contributed by atoms with Crippen molar-refractivity contribution >= 4 is 33.8 Å². The third-order valence-electron chi connectivity index (χ3n) is 11.4. The maximum atomic E-state index is 14.0. The SMILES string of the molecule is COc1ccc(C(=O)N2CC(Cn3c(-c4cc5ccccc5n4CC4CC4)nc4cc(C(=O)N5CC6CCC5[C@@H]6N)cc(OC)c43)C2)cc1. The van der Waals surface area contributed by atoms with Gasteiger partial charge in [-0.25, -0.2) is 4.98 Å². The van der Waals surface area contributed by atoms with Crippen LogP contribution in [-0.4, -0.2) is 81.7 Å². The number of methoxy groups -OCH3 is 2. The fourth-order valence-electron chi connectivity index (χ4n) is 8.51. The number of para-hydroxylation sites is 1. The van der Waals surface area contributed by atoms with E-state index in [0.717, 1.165) is 47.7 Å². The molecule has 3 atom stereocenters. The second kappa shape index (κ2) is 11.7. The number of rotatable bonds is 9. The lowest BCUT2D eigenvalue weighted by atomic mass is 9.98. The molecule has 2 saturated heterocycles. The highest BCUT2D eigenvalue weighted by Crippen LogP contribution is 2.41. The molecule has 3 aromatic carbocycles. The number of hydrogen-bond donors (Lipinski definition) is 1. The predicted octanol–water partition coefficient (Wildman–Crippen LogP) is 5.42. The van der Waals surface area contributed by atoms with E-state index < -0.39 is 0 Å². The molecule has 4 heterocycles. The molecular formula is C39H42N6O4. The molecule has 0 spiro atoms. The average molecular weight is 659 g/mol. The molecular weight excluding hydrogens is 616 g/mol. The minimum atomic E-state index is -0.00604. The lowest BCUT2D eigenvalue weighted by Gasteiger charge is -2.40. The molecule has 2 aromatic heterocycles. The van der Waals surface area contributed by atoms with Crippen molar-refractivity contribution in [1.82, 2.24) is 23.9 Å². The van der Waals surface area contributed by atoms with Crippen molar-refractivity contribution in [2.24, 2.45) is 23.5 Å². The number of nitrogens with zero attached hydrogens (tertiary/aromatic N) is 5. The molecule has 10 nitrogen and oxygen atoms in total. The molecule has 4 fully saturated rings. The van der Waals surface area contributed by atoms with Gasteiger partial charge in [0.1, 0.15) is 17.0 Å². The number of carbonyl (C=O) groups excluding carboxylic acids is 2. The van der Waals surface area contributed by atoms with E-state index in [1.807, 2.05) is 46.2 Å². The van der Waals surface area contributed by atoms with Gasteiger partial charge in [0.25, 0.3) is 11.8 Å². The van der Waals surface area contributed by atoms with Crippen molar-refractivity contribution in [3.05, 3.63) is 77.9 Å². The summed E-state index contributed by atoms with van der Waals surface area (Å²) in [5.74, 6) is 3.50. The van der Waals surface area contributed by atoms with Crippen LogP contribution in [0.1, 0.15) is 46.4 Å². The molecule has 2 aliphatic carbocycles. The molecule has 2 N–H and O–H groups in total. The molecule has 4 aliphatic rings. The van der Waals surface area contributed by atoms with Crippen molar-refractivity contribution in [2.45, 2.75) is 50.9 Å². The number of likely N-dealkylation sites (tertiary alicyclic amines) is 2. The van der Waals surface area contributed by atoms with Gasteiger partial charge in [0, 0.05) is 72.8 Å². The van der Waals surface area contributed by atoms with Gasteiger partial charge in [-0.05, 0) is 86.1 Å². The molecule has 49 heavy (non-hydrogen) atoms. The van der Waals surface area contributed by atoms with E-state index >= 15 is 0 Å². The number of piperidine rings is 1. The summed E-state index contributed by atoms with van der Waals surface area (Å²) in [6.07, 6.45) is 4.53. The number of carbonyl (C=O) groups is 2. The Bertz CT molecular complexity index is 2090. The largest absolute Gasteiger partial charge is 0.497 e. The summed E-state index contributed by atoms with van der Waals surface area (Å²) in [5, 5.41) is 1.18. The van der Waals surface area contributed by atoms with Crippen molar-refractivity contribution in [3.8, 4) is 23.0 Å². The van der Waals surface area contributed by atoms with Gasteiger partial charge >= 0.3 is 0 Å². The molecule has 10 heteroatoms. The Morgan fingerprint density at radius 3 is 2.29 bits per heavy atom. The molecule has 9 rings (SSSR count). The summed E-state index contributed by atoms with van der Waals surface area (Å²) in [5.41, 5.74) is 11.6. The van der Waals surface area contributed by atoms with E-state index in [-0.39, 0.29) is 29.8 Å². The zero-order valence-electron chi connectivity index (χ0n) is 28.0. The Hall–Kier alpha value is -4.83. The van der Waals surface area contributed by atoms with Crippen LogP contribution in [-0.2, 0) is 13.1 Å². The first-order chi connectivity index (χ1) is 23.9. The number of amides is 2. The molecule has 0 radical (unpaired) electrons. The van der Waals surface area contributed by atoms with Gasteiger partial charge in [0.2, 0.25) is 0 Å². The van der Waals surface area contributed by atoms with E-state index in [4.69, 9.17) is 20.2 Å². The maximum absolute atomic E-state index is 14.0. The number of hydrogen-bond acceptors (Lipinski definition) is 6. The summed E-state index contributed by atoms with van der Waals surface area (Å²) >= 11 is 0. The zero-order chi connectivity index (χ0) is 33.4. The third-order valence-corrected chi connectivity index (χ3v) is 11.4. The van der Waals surface area contributed by atoms with E-state index in [2.05, 4.69) is 39.5 Å². The lowest BCUT2D eigenvalue weighted by molar-refractivity contribution is 0.0471. The fourth-order valence-corrected chi connectivity index (χ4v) is 8.51. The zero-order valence-corrected chi connectivity index (χ0v) is 28.0. The first kappa shape index (κ1) is 30.2. The highest BCUT2D eigenvalue weighted by molar-refractivity contribution is 6.01. The van der Waals surface area contributed by atoms with Crippen molar-refractivity contribution in [3.63, 3.8) is 0 Å². The number of aromatic nitrogens is 3. The van der Waals surface area contributed by atoms with Gasteiger partial charge in [0.05, 0.1) is 25.4 Å². The second-order valence-electron chi connectivity index (χ2n) is 14.5. The van der Waals surface area contributed by atoms with Gasteiger partial charge in [-0.15, -0.1) is 0 Å². The molecule has 2 aliphatic heterocycles. The monoisotopic (exact) mass is 658 g/mol. The van der Waals surface area contributed by atoms with Crippen molar-refractivity contribution in [1.29, 1.82) is 0 Å². The Morgan fingerprint density at radius 1 is 0.816 bits per heavy atom. The average Bonchev–Trinajstić information content (AvgIpc) is 3.47. The van der Waals surface area contributed by atoms with Crippen LogP contribution in [0.25, 0.3) is 33.5 Å². The van der Waals surface area contributed by atoms with Gasteiger partial charge < -0.3 is 34.1 Å². The number of benzene rings is 3. The highest BCUT2D eigenvalue weighted by atomic mass is 16.5. The standard InChI is InChI=1S/C39H42N6O4/c1-48-29-12-9-25(10-13-29)38(46)42-18-24(19-42)21-45-36-30(15-28(17-34(36)49-2)39(47)44-22-27-11-14-32(44)35(27)40)41-37(45)33-16-26-5-3-4-6-31(26)43(33)20-23-7-8-23/h3-6,9-10,12-13,15-17,23-24,27,32,35H,7-8,11,14,18-22,40H2,1-2H3/t27?,32?,35-/m1/s1. The van der Waals surface area contributed by atoms with Crippen LogP contribution >= 0.6 is 0 Å². The molecule has 2 amide bonds. The van der Waals surface area contributed by atoms with E-state index in [9.17, 15) is 9.59 Å². The second-order valence-corrected chi connectivity index (χ2v) is 14.5. The Balaban J connectivity index is 1.10. The number of fused-ring (bicyclic) bond motifs is 4. The summed E-state index contributed by atoms with van der Waals surface area (Å²) < 4.78 is 16.0. The predicted molar refractivity (Wildman–Crippen MR) is 188 cm³/mol. The molecule has 5 aromatic rings. The first-order valence-electron chi connectivity index (χ1n) is 17.6. The lowest BCUT2D eigenvalue weighted by Crippen LogP contribution is -2.51. The number of ether oxygens (including phenoxy) is 2. The van der Waals surface area contributed by atoms with Crippen LogP contribution in [0.4, 0.5) is 0 Å². The van der Waals surface area contributed by atoms with Crippen LogP contribution < -0.4 is 15.2 Å². The van der Waals surface area contributed by atoms with Gasteiger partial charge in [-0.2, -0.15) is 0 Å². The molecule has 2 bridgehead atoms. The smallest absolute Gasteiger partial charge is 0.254 e. The summed E-state index contributed by atoms with van der Waals surface area (Å²) in [6.45, 7) is 3.60. The first-order valence-corrected chi connectivity index (χ1v) is 17.6. The maximum Gasteiger partial charge on any atom is 0.254 e. The Labute approximate surface area is 285 Å². The van der Waals surface area contributed by atoms with E-state index in [1.165, 1.54) is 23.7 Å². The van der Waals surface area contributed by atoms with Crippen molar-refractivity contribution < 1.29 is 19.1 Å². The summed E-state index contributed by atoms with van der Waals surface area (Å²) in [7, 11) is 3.28. The molecule has 252 valence electrons. The number of nitrogens with two attached hydrogens (primary N) is 1. The van der Waals surface area contributed by atoms with Crippen LogP contribution in [0, 0.1) is 17.8 Å². The fraction of sp³-hybridized carbons (Fsp3) is 0.410. The summed E-state index contributed by atoms with van der Waals surface area (Å²) in [4.78, 5) is 36.5. The van der Waals surface area contributed by atoms with E-state index in [1.54, 1.807) is 14.2 Å². The highest BCUT2D eigenvalue weighted by Gasteiger charge is 2.47. The quantitative estimate of drug-likeness (QED) is 0.227. The molecule has 2 saturated carbocycles. The van der Waals surface area contributed by atoms with Crippen molar-refractivity contribution in [2.75, 3.05) is 33.9 Å². The third kappa shape index (κ3) is 5.07. The Kier molecular flexibility index (Phi) is 7.19. The van der Waals surface area contributed by atoms with Crippen LogP contribution in [0.5, 0.6) is 11.5 Å². The van der Waals surface area contributed by atoms with Crippen LogP contribution in [0.15, 0.2) is 66.7 Å². The number of imidazole rings is 1. The Morgan fingerprint density at radius 2 is 1.59 bits per heavy atom.